The van der Waals surface area contributed by atoms with Crippen molar-refractivity contribution in [1.29, 1.82) is 0 Å². The lowest BCUT2D eigenvalue weighted by Gasteiger charge is -2.11. The second-order valence-corrected chi connectivity index (χ2v) is 8.36. The predicted molar refractivity (Wildman–Crippen MR) is 121 cm³/mol. The number of carbonyl (C=O) groups is 1. The van der Waals surface area contributed by atoms with Gasteiger partial charge in [0.1, 0.15) is 10.8 Å². The second kappa shape index (κ2) is 8.03. The van der Waals surface area contributed by atoms with Gasteiger partial charge < -0.3 is 10.1 Å². The minimum atomic E-state index is -0.352. The Labute approximate surface area is 182 Å². The molecule has 4 rings (SSSR count). The Morgan fingerprint density at radius 1 is 1.07 bits per heavy atom. The Kier molecular flexibility index (Phi) is 5.46. The number of ether oxygens (including phenoxy) is 1. The molecule has 0 atom stereocenters. The summed E-state index contributed by atoms with van der Waals surface area (Å²) in [7, 11) is 1.46. The van der Waals surface area contributed by atoms with Crippen LogP contribution in [0.3, 0.4) is 0 Å². The summed E-state index contributed by atoms with van der Waals surface area (Å²) in [4.78, 5) is 17.4. The van der Waals surface area contributed by atoms with Crippen molar-refractivity contribution in [3.63, 3.8) is 0 Å². The Balaban J connectivity index is 1.57. The van der Waals surface area contributed by atoms with E-state index < -0.39 is 0 Å². The Morgan fingerprint density at radius 2 is 1.83 bits per heavy atom. The van der Waals surface area contributed by atoms with E-state index >= 15 is 0 Å². The number of aryl methyl sites for hydroxylation is 1. The van der Waals surface area contributed by atoms with Gasteiger partial charge in [-0.05, 0) is 61.0 Å². The first-order valence-electron chi connectivity index (χ1n) is 8.76. The molecule has 4 aromatic rings. The zero-order chi connectivity index (χ0) is 20.5. The average molecular weight is 443 g/mol. The molecule has 0 saturated carbocycles. The van der Waals surface area contributed by atoms with Crippen molar-refractivity contribution in [2.75, 3.05) is 12.4 Å². The van der Waals surface area contributed by atoms with E-state index in [1.54, 1.807) is 11.3 Å². The maximum absolute atomic E-state index is 12.7. The first-order valence-corrected chi connectivity index (χ1v) is 10.3. The molecule has 0 unspecified atom stereocenters. The van der Waals surface area contributed by atoms with E-state index in [0.717, 1.165) is 20.8 Å². The van der Waals surface area contributed by atoms with Gasteiger partial charge in [0.15, 0.2) is 0 Å². The number of halogens is 2. The van der Waals surface area contributed by atoms with Crippen LogP contribution < -0.4 is 10.1 Å². The average Bonchev–Trinajstić information content (AvgIpc) is 3.11. The topological polar surface area (TPSA) is 51.2 Å². The Bertz CT molecular complexity index is 1220. The van der Waals surface area contributed by atoms with E-state index in [-0.39, 0.29) is 22.2 Å². The summed E-state index contributed by atoms with van der Waals surface area (Å²) in [5, 5.41) is 4.43. The maximum atomic E-state index is 12.7. The normalized spacial score (nSPS) is 10.9. The number of rotatable bonds is 4. The third-order valence-electron chi connectivity index (χ3n) is 4.39. The number of carbonyl (C=O) groups excluding carboxylic acids is 1. The molecule has 1 amide bonds. The predicted octanol–water partition coefficient (Wildman–Crippen LogP) is 6.84. The molecule has 0 bridgehead atoms. The number of nitrogens with one attached hydrogen (secondary N) is 1. The summed E-state index contributed by atoms with van der Waals surface area (Å²) in [6, 6.07) is 16.8. The van der Waals surface area contributed by atoms with Crippen molar-refractivity contribution >= 4 is 56.3 Å². The molecule has 7 heteroatoms. The zero-order valence-corrected chi connectivity index (χ0v) is 18.0. The van der Waals surface area contributed by atoms with Crippen molar-refractivity contribution in [2.45, 2.75) is 6.92 Å². The third-order valence-corrected chi connectivity index (χ3v) is 5.96. The van der Waals surface area contributed by atoms with Crippen LogP contribution in [0, 0.1) is 6.92 Å². The fourth-order valence-electron chi connectivity index (χ4n) is 2.99. The highest BCUT2D eigenvalue weighted by Gasteiger charge is 2.17. The van der Waals surface area contributed by atoms with E-state index in [1.165, 1.54) is 24.8 Å². The molecule has 0 fully saturated rings. The fourth-order valence-corrected chi connectivity index (χ4v) is 4.63. The standard InChI is InChI=1S/C22H16Cl2N2O2S/c1-12-3-8-18-19(9-12)29-22(26-18)13-4-6-15(7-5-13)25-21(27)16-10-14(23)11-17(24)20(16)28-2/h3-11H,1-2H3,(H,25,27). The van der Waals surface area contributed by atoms with Crippen molar-refractivity contribution < 1.29 is 9.53 Å². The quantitative estimate of drug-likeness (QED) is 0.376. The molecule has 4 nitrogen and oxygen atoms in total. The van der Waals surface area contributed by atoms with Crippen molar-refractivity contribution in [2.24, 2.45) is 0 Å². The van der Waals surface area contributed by atoms with Crippen LogP contribution in [0.1, 0.15) is 15.9 Å². The molecule has 0 aliphatic carbocycles. The highest BCUT2D eigenvalue weighted by molar-refractivity contribution is 7.21. The summed E-state index contributed by atoms with van der Waals surface area (Å²) < 4.78 is 6.40. The molecule has 1 aromatic heterocycles. The van der Waals surface area contributed by atoms with Gasteiger partial charge in [-0.3, -0.25) is 4.79 Å². The van der Waals surface area contributed by atoms with E-state index in [4.69, 9.17) is 27.9 Å². The molecule has 146 valence electrons. The highest BCUT2D eigenvalue weighted by atomic mass is 35.5. The number of fused-ring (bicyclic) bond motifs is 1. The Morgan fingerprint density at radius 3 is 2.55 bits per heavy atom. The maximum Gasteiger partial charge on any atom is 0.259 e. The first kappa shape index (κ1) is 19.7. The molecule has 0 spiro atoms. The van der Waals surface area contributed by atoms with Crippen molar-refractivity contribution in [1.82, 2.24) is 4.98 Å². The molecule has 0 radical (unpaired) electrons. The third kappa shape index (κ3) is 4.08. The van der Waals surface area contributed by atoms with Gasteiger partial charge in [0, 0.05) is 16.3 Å². The zero-order valence-electron chi connectivity index (χ0n) is 15.6. The van der Waals surface area contributed by atoms with Crippen molar-refractivity contribution in [3.05, 3.63) is 75.8 Å². The van der Waals surface area contributed by atoms with Gasteiger partial charge in [-0.25, -0.2) is 4.98 Å². The highest BCUT2D eigenvalue weighted by Crippen LogP contribution is 2.34. The minimum absolute atomic E-state index is 0.274. The second-order valence-electron chi connectivity index (χ2n) is 6.49. The lowest BCUT2D eigenvalue weighted by Crippen LogP contribution is -2.13. The van der Waals surface area contributed by atoms with Crippen molar-refractivity contribution in [3.8, 4) is 16.3 Å². The smallest absolute Gasteiger partial charge is 0.259 e. The van der Waals surface area contributed by atoms with Gasteiger partial charge in [0.25, 0.3) is 5.91 Å². The molecular weight excluding hydrogens is 427 g/mol. The summed E-state index contributed by atoms with van der Waals surface area (Å²) in [6.45, 7) is 2.07. The minimum Gasteiger partial charge on any atom is -0.494 e. The molecule has 3 aromatic carbocycles. The monoisotopic (exact) mass is 442 g/mol. The molecular formula is C22H16Cl2N2O2S. The number of hydrogen-bond acceptors (Lipinski definition) is 4. The van der Waals surface area contributed by atoms with Gasteiger partial charge in [0.05, 0.1) is 27.9 Å². The van der Waals surface area contributed by atoms with Crippen LogP contribution in [0.15, 0.2) is 54.6 Å². The van der Waals surface area contributed by atoms with E-state index in [0.29, 0.717) is 10.7 Å². The van der Waals surface area contributed by atoms with E-state index in [9.17, 15) is 4.79 Å². The number of aromatic nitrogens is 1. The number of amides is 1. The largest absolute Gasteiger partial charge is 0.494 e. The number of anilines is 1. The lowest BCUT2D eigenvalue weighted by atomic mass is 10.1. The van der Waals surface area contributed by atoms with Crippen LogP contribution in [-0.2, 0) is 0 Å². The van der Waals surface area contributed by atoms with Gasteiger partial charge in [0.2, 0.25) is 0 Å². The molecule has 0 saturated heterocycles. The van der Waals surface area contributed by atoms with Gasteiger partial charge in [-0.2, -0.15) is 0 Å². The van der Waals surface area contributed by atoms with Gasteiger partial charge in [-0.1, -0.05) is 29.3 Å². The number of nitrogens with zero attached hydrogens (tertiary/aromatic N) is 1. The summed E-state index contributed by atoms with van der Waals surface area (Å²) in [5.74, 6) is -0.0654. The van der Waals surface area contributed by atoms with Crippen LogP contribution in [0.2, 0.25) is 10.0 Å². The van der Waals surface area contributed by atoms with Crippen LogP contribution in [0.4, 0.5) is 5.69 Å². The number of methoxy groups -OCH3 is 1. The molecule has 29 heavy (non-hydrogen) atoms. The molecule has 0 aliphatic heterocycles. The number of hydrogen-bond donors (Lipinski definition) is 1. The molecule has 0 aliphatic rings. The van der Waals surface area contributed by atoms with E-state index in [1.807, 2.05) is 30.3 Å². The summed E-state index contributed by atoms with van der Waals surface area (Å²) in [6.07, 6.45) is 0. The van der Waals surface area contributed by atoms with Crippen LogP contribution in [0.5, 0.6) is 5.75 Å². The molecule has 1 N–H and O–H groups in total. The van der Waals surface area contributed by atoms with E-state index in [2.05, 4.69) is 29.4 Å². The van der Waals surface area contributed by atoms with Gasteiger partial charge >= 0.3 is 0 Å². The Hall–Kier alpha value is -2.60. The number of thiazole rings is 1. The number of benzene rings is 3. The lowest BCUT2D eigenvalue weighted by molar-refractivity contribution is 0.102. The first-order chi connectivity index (χ1) is 13.9. The summed E-state index contributed by atoms with van der Waals surface area (Å²) in [5.41, 5.74) is 4.11. The van der Waals surface area contributed by atoms with Crippen LogP contribution in [0.25, 0.3) is 20.8 Å². The van der Waals surface area contributed by atoms with Crippen LogP contribution in [-0.4, -0.2) is 18.0 Å². The summed E-state index contributed by atoms with van der Waals surface area (Å²) >= 11 is 13.8. The fraction of sp³-hybridized carbons (Fsp3) is 0.0909. The SMILES string of the molecule is COc1c(Cl)cc(Cl)cc1C(=O)Nc1ccc(-c2nc3ccc(C)cc3s2)cc1. The van der Waals surface area contributed by atoms with Gasteiger partial charge in [-0.15, -0.1) is 11.3 Å². The van der Waals surface area contributed by atoms with Crippen LogP contribution >= 0.6 is 34.5 Å². The molecule has 1 heterocycles.